The standard InChI is InChI=1S/C25H32N2O4/c28-18-7-6-17-10-22-25(31)12-20(26-23(30)16-4-5-16)21(29)13-24(25,19(17)11-18)8-1-9-27(22)14-15-2-3-15/h6-7,11,15-16,20,22,28,31H,1-5,8-10,12-14H2,(H,26,30). The van der Waals surface area contributed by atoms with Crippen molar-refractivity contribution in [2.24, 2.45) is 11.8 Å². The molecule has 0 radical (unpaired) electrons. The van der Waals surface area contributed by atoms with E-state index in [9.17, 15) is 19.8 Å². The SMILES string of the molecule is O=C(NC1CC2(O)C3Cc4ccc(O)cc4C2(CCCN3CC2CC2)CC1=O)C1CC1. The topological polar surface area (TPSA) is 89.9 Å². The average Bonchev–Trinajstić information content (AvgIpc) is 3.62. The summed E-state index contributed by atoms with van der Waals surface area (Å²) in [6, 6.07) is 4.80. The Labute approximate surface area is 183 Å². The highest BCUT2D eigenvalue weighted by Gasteiger charge is 2.65. The molecule has 0 spiro atoms. The number of hydrogen-bond donors (Lipinski definition) is 3. The van der Waals surface area contributed by atoms with Gasteiger partial charge in [-0.15, -0.1) is 0 Å². The van der Waals surface area contributed by atoms with Crippen molar-refractivity contribution in [3.63, 3.8) is 0 Å². The van der Waals surface area contributed by atoms with Crippen molar-refractivity contribution in [3.05, 3.63) is 29.3 Å². The molecule has 1 saturated heterocycles. The number of nitrogens with zero attached hydrogens (tertiary/aromatic N) is 1. The molecular weight excluding hydrogens is 392 g/mol. The zero-order chi connectivity index (χ0) is 21.4. The van der Waals surface area contributed by atoms with Gasteiger partial charge in [0.25, 0.3) is 0 Å². The van der Waals surface area contributed by atoms with Crippen molar-refractivity contribution < 1.29 is 19.8 Å². The van der Waals surface area contributed by atoms with Gasteiger partial charge in [-0.05, 0) is 80.7 Å². The second-order valence-corrected chi connectivity index (χ2v) is 10.8. The molecule has 3 saturated carbocycles. The van der Waals surface area contributed by atoms with E-state index in [2.05, 4.69) is 10.2 Å². The molecule has 3 N–H and O–H groups in total. The number of hydrogen-bond acceptors (Lipinski definition) is 5. The highest BCUT2D eigenvalue weighted by molar-refractivity contribution is 5.92. The van der Waals surface area contributed by atoms with E-state index in [-0.39, 0.29) is 42.2 Å². The highest BCUT2D eigenvalue weighted by Crippen LogP contribution is 2.57. The summed E-state index contributed by atoms with van der Waals surface area (Å²) in [5.41, 5.74) is 0.290. The molecule has 6 nitrogen and oxygen atoms in total. The largest absolute Gasteiger partial charge is 0.508 e. The molecule has 2 bridgehead atoms. The van der Waals surface area contributed by atoms with E-state index in [1.165, 1.54) is 12.8 Å². The molecule has 6 rings (SSSR count). The van der Waals surface area contributed by atoms with E-state index in [1.807, 2.05) is 6.07 Å². The first-order valence-electron chi connectivity index (χ1n) is 12.0. The molecule has 1 heterocycles. The molecule has 4 unspecified atom stereocenters. The number of aliphatic hydroxyl groups is 1. The van der Waals surface area contributed by atoms with Crippen LogP contribution in [0.3, 0.4) is 0 Å². The van der Waals surface area contributed by atoms with Gasteiger partial charge in [-0.3, -0.25) is 14.5 Å². The number of rotatable bonds is 4. The first kappa shape index (κ1) is 19.7. The summed E-state index contributed by atoms with van der Waals surface area (Å²) in [7, 11) is 0. The van der Waals surface area contributed by atoms with Gasteiger partial charge < -0.3 is 15.5 Å². The summed E-state index contributed by atoms with van der Waals surface area (Å²) in [5, 5.41) is 25.8. The first-order valence-corrected chi connectivity index (χ1v) is 12.0. The molecule has 5 aliphatic rings. The van der Waals surface area contributed by atoms with Gasteiger partial charge in [0.15, 0.2) is 5.78 Å². The number of carbonyl (C=O) groups is 2. The number of phenolic OH excluding ortho intramolecular Hbond substituents is 1. The Morgan fingerprint density at radius 3 is 2.77 bits per heavy atom. The predicted molar refractivity (Wildman–Crippen MR) is 115 cm³/mol. The summed E-state index contributed by atoms with van der Waals surface area (Å²) >= 11 is 0. The molecule has 4 fully saturated rings. The molecule has 31 heavy (non-hydrogen) atoms. The van der Waals surface area contributed by atoms with Crippen LogP contribution >= 0.6 is 0 Å². The normalized spacial score (nSPS) is 37.5. The maximum absolute atomic E-state index is 13.3. The second kappa shape index (κ2) is 6.79. The minimum absolute atomic E-state index is 0.0178. The van der Waals surface area contributed by atoms with Gasteiger partial charge in [0.2, 0.25) is 5.91 Å². The summed E-state index contributed by atoms with van der Waals surface area (Å²) in [6.07, 6.45) is 7.18. The van der Waals surface area contributed by atoms with Gasteiger partial charge >= 0.3 is 0 Å². The molecule has 4 atom stereocenters. The van der Waals surface area contributed by atoms with Crippen molar-refractivity contribution in [3.8, 4) is 5.75 Å². The van der Waals surface area contributed by atoms with Crippen molar-refractivity contribution in [2.45, 2.75) is 80.9 Å². The maximum Gasteiger partial charge on any atom is 0.223 e. The third-order valence-corrected chi connectivity index (χ3v) is 8.73. The summed E-state index contributed by atoms with van der Waals surface area (Å²) < 4.78 is 0. The van der Waals surface area contributed by atoms with Gasteiger partial charge in [-0.1, -0.05) is 6.07 Å². The maximum atomic E-state index is 13.3. The quantitative estimate of drug-likeness (QED) is 0.688. The van der Waals surface area contributed by atoms with E-state index in [0.29, 0.717) is 5.92 Å². The lowest BCUT2D eigenvalue weighted by Crippen LogP contribution is -2.71. The van der Waals surface area contributed by atoms with Crippen LogP contribution in [0.25, 0.3) is 0 Å². The lowest BCUT2D eigenvalue weighted by atomic mass is 9.50. The van der Waals surface area contributed by atoms with E-state index < -0.39 is 17.1 Å². The number of carbonyl (C=O) groups excluding carboxylic acids is 2. The van der Waals surface area contributed by atoms with Crippen LogP contribution in [0.1, 0.15) is 62.5 Å². The van der Waals surface area contributed by atoms with Crippen molar-refractivity contribution in [1.29, 1.82) is 0 Å². The van der Waals surface area contributed by atoms with Crippen LogP contribution in [0, 0.1) is 11.8 Å². The zero-order valence-corrected chi connectivity index (χ0v) is 18.0. The molecular formula is C25H32N2O4. The minimum atomic E-state index is -1.10. The van der Waals surface area contributed by atoms with Crippen LogP contribution in [-0.2, 0) is 21.4 Å². The van der Waals surface area contributed by atoms with Crippen LogP contribution in [0.2, 0.25) is 0 Å². The smallest absolute Gasteiger partial charge is 0.223 e. The number of Topliss-reactive ketones (excluding diaryl/α,β-unsaturated/α-hetero) is 1. The van der Waals surface area contributed by atoms with Gasteiger partial charge in [0, 0.05) is 36.8 Å². The van der Waals surface area contributed by atoms with E-state index >= 15 is 0 Å². The Kier molecular flexibility index (Phi) is 4.32. The molecule has 1 aliphatic heterocycles. The molecule has 4 aliphatic carbocycles. The van der Waals surface area contributed by atoms with Gasteiger partial charge in [-0.25, -0.2) is 0 Å². The summed E-state index contributed by atoms with van der Waals surface area (Å²) in [5.74, 6) is 0.919. The fourth-order valence-electron chi connectivity index (χ4n) is 6.77. The van der Waals surface area contributed by atoms with Crippen molar-refractivity contribution in [2.75, 3.05) is 13.1 Å². The Morgan fingerprint density at radius 1 is 1.23 bits per heavy atom. The molecule has 166 valence electrons. The number of fused-ring (bicyclic) bond motifs is 1. The monoisotopic (exact) mass is 424 g/mol. The van der Waals surface area contributed by atoms with Crippen LogP contribution in [0.5, 0.6) is 5.75 Å². The summed E-state index contributed by atoms with van der Waals surface area (Å²) in [6.45, 7) is 1.93. The average molecular weight is 425 g/mol. The molecule has 1 aromatic carbocycles. The number of ketones is 1. The van der Waals surface area contributed by atoms with Crippen LogP contribution < -0.4 is 5.32 Å². The van der Waals surface area contributed by atoms with Crippen molar-refractivity contribution >= 4 is 11.7 Å². The van der Waals surface area contributed by atoms with Crippen LogP contribution in [0.4, 0.5) is 0 Å². The predicted octanol–water partition coefficient (Wildman–Crippen LogP) is 2.05. The van der Waals surface area contributed by atoms with Gasteiger partial charge in [-0.2, -0.15) is 0 Å². The third kappa shape index (κ3) is 3.05. The molecule has 0 aromatic heterocycles. The number of amides is 1. The fraction of sp³-hybridized carbons (Fsp3) is 0.680. The van der Waals surface area contributed by atoms with E-state index in [0.717, 1.165) is 56.3 Å². The lowest BCUT2D eigenvalue weighted by Gasteiger charge is -2.59. The third-order valence-electron chi connectivity index (χ3n) is 8.73. The van der Waals surface area contributed by atoms with E-state index in [1.54, 1.807) is 12.1 Å². The Balaban J connectivity index is 1.43. The summed E-state index contributed by atoms with van der Waals surface area (Å²) in [4.78, 5) is 28.3. The van der Waals surface area contributed by atoms with Crippen molar-refractivity contribution in [1.82, 2.24) is 10.2 Å². The van der Waals surface area contributed by atoms with Crippen LogP contribution in [0.15, 0.2) is 18.2 Å². The number of phenols is 1. The Bertz CT molecular complexity index is 939. The molecule has 1 aromatic rings. The van der Waals surface area contributed by atoms with Gasteiger partial charge in [0.05, 0.1) is 11.6 Å². The zero-order valence-electron chi connectivity index (χ0n) is 18.0. The number of likely N-dealkylation sites (tertiary alicyclic amines) is 1. The number of nitrogens with one attached hydrogen (secondary N) is 1. The highest BCUT2D eigenvalue weighted by atomic mass is 16.3. The molecule has 1 amide bonds. The Morgan fingerprint density at radius 2 is 2.03 bits per heavy atom. The lowest BCUT2D eigenvalue weighted by molar-refractivity contribution is -0.156. The van der Waals surface area contributed by atoms with Gasteiger partial charge in [0.1, 0.15) is 5.75 Å². The number of benzene rings is 1. The molecule has 6 heteroatoms. The fourth-order valence-corrected chi connectivity index (χ4v) is 6.77. The first-order chi connectivity index (χ1) is 14.9. The van der Waals surface area contributed by atoms with Crippen LogP contribution in [-0.4, -0.2) is 57.6 Å². The second-order valence-electron chi connectivity index (χ2n) is 10.8. The number of aromatic hydroxyl groups is 1. The minimum Gasteiger partial charge on any atom is -0.508 e. The Hall–Kier alpha value is -1.92. The van der Waals surface area contributed by atoms with E-state index in [4.69, 9.17) is 0 Å².